The van der Waals surface area contributed by atoms with Gasteiger partial charge in [0, 0.05) is 11.1 Å². The Hall–Kier alpha value is -1.91. The SMILES string of the molecule is CCCCCCCc1c(C2=NC(C)(C)CO2)cc(OC)c(OC)c1OC. The Bertz CT molecular complexity index is 637. The second kappa shape index (κ2) is 9.15. The van der Waals surface area contributed by atoms with E-state index < -0.39 is 0 Å². The van der Waals surface area contributed by atoms with Crippen LogP contribution in [0.15, 0.2) is 11.1 Å². The molecule has 0 unspecified atom stereocenters. The van der Waals surface area contributed by atoms with Crippen molar-refractivity contribution < 1.29 is 18.9 Å². The third-order valence-corrected chi connectivity index (χ3v) is 4.66. The fraction of sp³-hybridized carbons (Fsp3) is 0.667. The molecule has 0 saturated carbocycles. The molecule has 1 aromatic carbocycles. The van der Waals surface area contributed by atoms with Gasteiger partial charge in [-0.25, -0.2) is 4.99 Å². The molecule has 0 radical (unpaired) electrons. The summed E-state index contributed by atoms with van der Waals surface area (Å²) >= 11 is 0. The first kappa shape index (κ1) is 20.4. The van der Waals surface area contributed by atoms with Crippen LogP contribution in [-0.2, 0) is 11.2 Å². The van der Waals surface area contributed by atoms with Crippen molar-refractivity contribution in [2.45, 2.75) is 64.8 Å². The van der Waals surface area contributed by atoms with E-state index in [1.54, 1.807) is 21.3 Å². The number of nitrogens with zero attached hydrogens (tertiary/aromatic N) is 1. The number of aliphatic imine (C=N–C) groups is 1. The third-order valence-electron chi connectivity index (χ3n) is 4.66. The molecule has 5 heteroatoms. The quantitative estimate of drug-likeness (QED) is 0.561. The summed E-state index contributed by atoms with van der Waals surface area (Å²) in [5, 5.41) is 0. The largest absolute Gasteiger partial charge is 0.493 e. The standard InChI is InChI=1S/C21H33NO4/c1-7-8-9-10-11-12-15-16(20-22-21(2,3)14-26-20)13-17(23-4)19(25-6)18(15)24-5/h13H,7-12,14H2,1-6H3. The highest BCUT2D eigenvalue weighted by molar-refractivity contribution is 5.98. The van der Waals surface area contributed by atoms with E-state index in [4.69, 9.17) is 23.9 Å². The molecule has 1 aliphatic heterocycles. The van der Waals surface area contributed by atoms with E-state index >= 15 is 0 Å². The van der Waals surface area contributed by atoms with Gasteiger partial charge in [0.05, 0.1) is 26.9 Å². The van der Waals surface area contributed by atoms with Gasteiger partial charge in [-0.3, -0.25) is 0 Å². The van der Waals surface area contributed by atoms with Gasteiger partial charge in [-0.2, -0.15) is 0 Å². The van der Waals surface area contributed by atoms with Gasteiger partial charge in [0.1, 0.15) is 6.61 Å². The number of methoxy groups -OCH3 is 3. The van der Waals surface area contributed by atoms with Gasteiger partial charge in [-0.05, 0) is 32.8 Å². The van der Waals surface area contributed by atoms with E-state index in [1.165, 1.54) is 25.7 Å². The van der Waals surface area contributed by atoms with Crippen LogP contribution in [0.25, 0.3) is 0 Å². The zero-order valence-corrected chi connectivity index (χ0v) is 17.1. The number of benzene rings is 1. The van der Waals surface area contributed by atoms with Crippen molar-refractivity contribution in [2.75, 3.05) is 27.9 Å². The highest BCUT2D eigenvalue weighted by atomic mass is 16.5. The predicted molar refractivity (Wildman–Crippen MR) is 105 cm³/mol. The van der Waals surface area contributed by atoms with Gasteiger partial charge in [0.15, 0.2) is 11.5 Å². The summed E-state index contributed by atoms with van der Waals surface area (Å²) in [5.41, 5.74) is 1.81. The number of ether oxygens (including phenoxy) is 4. The van der Waals surface area contributed by atoms with E-state index in [9.17, 15) is 0 Å². The van der Waals surface area contributed by atoms with E-state index in [-0.39, 0.29) is 5.54 Å². The van der Waals surface area contributed by atoms with Gasteiger partial charge >= 0.3 is 0 Å². The van der Waals surface area contributed by atoms with Crippen LogP contribution in [0, 0.1) is 0 Å². The maximum atomic E-state index is 5.91. The monoisotopic (exact) mass is 363 g/mol. The first-order chi connectivity index (χ1) is 12.5. The Morgan fingerprint density at radius 1 is 1.00 bits per heavy atom. The van der Waals surface area contributed by atoms with E-state index in [0.29, 0.717) is 29.8 Å². The van der Waals surface area contributed by atoms with Crippen molar-refractivity contribution in [3.63, 3.8) is 0 Å². The van der Waals surface area contributed by atoms with Crippen LogP contribution < -0.4 is 14.2 Å². The van der Waals surface area contributed by atoms with E-state index in [0.717, 1.165) is 24.0 Å². The van der Waals surface area contributed by atoms with E-state index in [2.05, 4.69) is 20.8 Å². The molecule has 1 aliphatic rings. The van der Waals surface area contributed by atoms with Crippen LogP contribution in [0.2, 0.25) is 0 Å². The third kappa shape index (κ3) is 4.63. The summed E-state index contributed by atoms with van der Waals surface area (Å²) in [5.74, 6) is 2.64. The topological polar surface area (TPSA) is 49.3 Å². The summed E-state index contributed by atoms with van der Waals surface area (Å²) in [6, 6.07) is 1.96. The van der Waals surface area contributed by atoms with Crippen LogP contribution in [0.1, 0.15) is 64.0 Å². The first-order valence-electron chi connectivity index (χ1n) is 9.52. The van der Waals surface area contributed by atoms with E-state index in [1.807, 2.05) is 6.07 Å². The van der Waals surface area contributed by atoms with Crippen molar-refractivity contribution in [3.8, 4) is 17.2 Å². The van der Waals surface area contributed by atoms with Crippen molar-refractivity contribution in [1.29, 1.82) is 0 Å². The number of rotatable bonds is 10. The Balaban J connectivity index is 2.43. The minimum absolute atomic E-state index is 0.214. The summed E-state index contributed by atoms with van der Waals surface area (Å²) < 4.78 is 22.7. The molecule has 1 heterocycles. The van der Waals surface area contributed by atoms with Gasteiger partial charge in [0.2, 0.25) is 11.6 Å². The van der Waals surface area contributed by atoms with Crippen molar-refractivity contribution in [1.82, 2.24) is 0 Å². The Kier molecular flexibility index (Phi) is 7.18. The summed E-state index contributed by atoms with van der Waals surface area (Å²) in [4.78, 5) is 4.76. The number of hydrogen-bond donors (Lipinski definition) is 0. The van der Waals surface area contributed by atoms with Gasteiger partial charge in [-0.15, -0.1) is 0 Å². The Morgan fingerprint density at radius 2 is 1.69 bits per heavy atom. The fourth-order valence-electron chi connectivity index (χ4n) is 3.28. The van der Waals surface area contributed by atoms with Crippen LogP contribution in [0.5, 0.6) is 17.2 Å². The lowest BCUT2D eigenvalue weighted by atomic mass is 9.98. The van der Waals surface area contributed by atoms with Crippen molar-refractivity contribution in [3.05, 3.63) is 17.2 Å². The molecule has 2 rings (SSSR count). The van der Waals surface area contributed by atoms with Gasteiger partial charge in [0.25, 0.3) is 0 Å². The summed E-state index contributed by atoms with van der Waals surface area (Å²) in [6.07, 6.45) is 6.96. The molecule has 146 valence electrons. The fourth-order valence-corrected chi connectivity index (χ4v) is 3.28. The average Bonchev–Trinajstić information content (AvgIpc) is 2.99. The maximum Gasteiger partial charge on any atom is 0.217 e. The molecule has 0 N–H and O–H groups in total. The minimum Gasteiger partial charge on any atom is -0.493 e. The average molecular weight is 363 g/mol. The van der Waals surface area contributed by atoms with Crippen LogP contribution in [0.4, 0.5) is 0 Å². The second-order valence-electron chi connectivity index (χ2n) is 7.35. The minimum atomic E-state index is -0.214. The molecule has 0 aliphatic carbocycles. The summed E-state index contributed by atoms with van der Waals surface area (Å²) in [7, 11) is 4.94. The lowest BCUT2D eigenvalue weighted by molar-refractivity contribution is 0.278. The molecule has 0 atom stereocenters. The molecule has 0 bridgehead atoms. The van der Waals surface area contributed by atoms with Crippen LogP contribution in [0.3, 0.4) is 0 Å². The Morgan fingerprint density at radius 3 is 2.23 bits per heavy atom. The highest BCUT2D eigenvalue weighted by Gasteiger charge is 2.31. The first-order valence-corrected chi connectivity index (χ1v) is 9.52. The maximum absolute atomic E-state index is 5.91. The smallest absolute Gasteiger partial charge is 0.217 e. The molecule has 0 amide bonds. The second-order valence-corrected chi connectivity index (χ2v) is 7.35. The molecule has 0 spiro atoms. The zero-order valence-electron chi connectivity index (χ0n) is 17.1. The lowest BCUT2D eigenvalue weighted by Crippen LogP contribution is -2.17. The molecule has 5 nitrogen and oxygen atoms in total. The lowest BCUT2D eigenvalue weighted by Gasteiger charge is -2.19. The summed E-state index contributed by atoms with van der Waals surface area (Å²) in [6.45, 7) is 6.95. The molecular formula is C21H33NO4. The highest BCUT2D eigenvalue weighted by Crippen LogP contribution is 2.43. The van der Waals surface area contributed by atoms with Crippen LogP contribution in [-0.4, -0.2) is 39.4 Å². The van der Waals surface area contributed by atoms with Crippen molar-refractivity contribution in [2.24, 2.45) is 4.99 Å². The molecule has 26 heavy (non-hydrogen) atoms. The molecular weight excluding hydrogens is 330 g/mol. The zero-order chi connectivity index (χ0) is 19.2. The molecule has 0 saturated heterocycles. The number of unbranched alkanes of at least 4 members (excludes halogenated alkanes) is 4. The van der Waals surface area contributed by atoms with Gasteiger partial charge in [-0.1, -0.05) is 32.6 Å². The molecule has 0 aromatic heterocycles. The van der Waals surface area contributed by atoms with Crippen LogP contribution >= 0.6 is 0 Å². The molecule has 1 aromatic rings. The predicted octanol–water partition coefficient (Wildman–Crippen LogP) is 4.78. The Labute approximate surface area is 157 Å². The molecule has 0 fully saturated rings. The number of hydrogen-bond acceptors (Lipinski definition) is 5. The van der Waals surface area contributed by atoms with Gasteiger partial charge < -0.3 is 18.9 Å². The van der Waals surface area contributed by atoms with Crippen molar-refractivity contribution >= 4 is 5.90 Å². The normalized spacial score (nSPS) is 15.4.